The van der Waals surface area contributed by atoms with Crippen LogP contribution in [-0.4, -0.2) is 25.0 Å². The summed E-state index contributed by atoms with van der Waals surface area (Å²) in [6.07, 6.45) is 0. The fraction of sp³-hybridized carbons (Fsp3) is 0.333. The summed E-state index contributed by atoms with van der Waals surface area (Å²) in [5.74, 6) is 0.786. The molecule has 0 amide bonds. The molecule has 1 aromatic carbocycles. The van der Waals surface area contributed by atoms with Crippen molar-refractivity contribution in [3.63, 3.8) is 0 Å². The predicted molar refractivity (Wildman–Crippen MR) is 71.0 cm³/mol. The van der Waals surface area contributed by atoms with E-state index in [9.17, 15) is 10.2 Å². The molecule has 2 aromatic rings. The molecule has 0 saturated heterocycles. The van der Waals surface area contributed by atoms with Gasteiger partial charge in [-0.15, -0.1) is 0 Å². The van der Waals surface area contributed by atoms with Gasteiger partial charge in [0.2, 0.25) is 0 Å². The zero-order valence-electron chi connectivity index (χ0n) is 10.2. The number of nitrogens with one attached hydrogen (secondary N) is 1. The maximum absolute atomic E-state index is 9.85. The van der Waals surface area contributed by atoms with Crippen molar-refractivity contribution >= 4 is 12.2 Å². The number of nitrogens with zero attached hydrogens (tertiary/aromatic N) is 2. The summed E-state index contributed by atoms with van der Waals surface area (Å²) in [6, 6.07) is 4.58. The zero-order chi connectivity index (χ0) is 13.3. The van der Waals surface area contributed by atoms with Crippen molar-refractivity contribution in [3.05, 3.63) is 23.0 Å². The van der Waals surface area contributed by atoms with Crippen molar-refractivity contribution in [2.75, 3.05) is 0 Å². The molecule has 0 spiro atoms. The van der Waals surface area contributed by atoms with E-state index in [0.717, 1.165) is 0 Å². The monoisotopic (exact) mass is 265 g/mol. The molecule has 0 unspecified atom stereocenters. The van der Waals surface area contributed by atoms with E-state index in [0.29, 0.717) is 28.6 Å². The highest BCUT2D eigenvalue weighted by atomic mass is 32.1. The standard InChI is InChI=1S/C12H15N3O2S/c1-7(2)6-15-11(13-14-12(15)18)10-8(16)4-3-5-9(10)17/h3-5,7,16-17H,6H2,1-2H3,(H,14,18). The molecule has 18 heavy (non-hydrogen) atoms. The third-order valence-corrected chi connectivity index (χ3v) is 2.86. The number of aromatic nitrogens is 3. The summed E-state index contributed by atoms with van der Waals surface area (Å²) in [5.41, 5.74) is 0.297. The first-order valence-electron chi connectivity index (χ1n) is 5.67. The van der Waals surface area contributed by atoms with Crippen LogP contribution in [0.2, 0.25) is 0 Å². The second-order valence-corrected chi connectivity index (χ2v) is 4.91. The molecule has 0 saturated carbocycles. The van der Waals surface area contributed by atoms with Gasteiger partial charge >= 0.3 is 0 Å². The van der Waals surface area contributed by atoms with Crippen LogP contribution >= 0.6 is 12.2 Å². The molecular weight excluding hydrogens is 250 g/mol. The Morgan fingerprint density at radius 3 is 2.50 bits per heavy atom. The number of phenols is 2. The Kier molecular flexibility index (Phi) is 3.38. The molecule has 96 valence electrons. The van der Waals surface area contributed by atoms with E-state index >= 15 is 0 Å². The first-order chi connectivity index (χ1) is 8.50. The van der Waals surface area contributed by atoms with E-state index in [2.05, 4.69) is 24.0 Å². The van der Waals surface area contributed by atoms with Crippen LogP contribution in [-0.2, 0) is 6.54 Å². The molecule has 2 rings (SSSR count). The SMILES string of the molecule is CC(C)Cn1c(-c2c(O)cccc2O)n[nH]c1=S. The molecule has 0 atom stereocenters. The second kappa shape index (κ2) is 4.81. The largest absolute Gasteiger partial charge is 0.507 e. The minimum atomic E-state index is -0.0194. The lowest BCUT2D eigenvalue weighted by Crippen LogP contribution is -2.06. The zero-order valence-corrected chi connectivity index (χ0v) is 11.0. The molecule has 6 heteroatoms. The van der Waals surface area contributed by atoms with Gasteiger partial charge in [-0.25, -0.2) is 0 Å². The van der Waals surface area contributed by atoms with Gasteiger partial charge in [-0.1, -0.05) is 19.9 Å². The van der Waals surface area contributed by atoms with Crippen molar-refractivity contribution in [2.24, 2.45) is 5.92 Å². The molecule has 0 bridgehead atoms. The van der Waals surface area contributed by atoms with Crippen molar-refractivity contribution in [2.45, 2.75) is 20.4 Å². The van der Waals surface area contributed by atoms with Crippen LogP contribution in [0.15, 0.2) is 18.2 Å². The number of H-pyrrole nitrogens is 1. The molecule has 0 fully saturated rings. The normalized spacial score (nSPS) is 11.1. The van der Waals surface area contributed by atoms with E-state index in [1.54, 1.807) is 10.6 Å². The second-order valence-electron chi connectivity index (χ2n) is 4.53. The molecule has 3 N–H and O–H groups in total. The first-order valence-corrected chi connectivity index (χ1v) is 6.08. The number of phenolic OH excluding ortho intramolecular Hbond substituents is 2. The van der Waals surface area contributed by atoms with Crippen molar-refractivity contribution < 1.29 is 10.2 Å². The molecule has 1 aromatic heterocycles. The minimum Gasteiger partial charge on any atom is -0.507 e. The minimum absolute atomic E-state index is 0.0194. The van der Waals surface area contributed by atoms with Crippen molar-refractivity contribution in [1.29, 1.82) is 0 Å². The van der Waals surface area contributed by atoms with E-state index in [1.807, 2.05) is 0 Å². The molecule has 0 aliphatic carbocycles. The first kappa shape index (κ1) is 12.6. The molecule has 0 aliphatic heterocycles. The van der Waals surface area contributed by atoms with Crippen LogP contribution in [0.3, 0.4) is 0 Å². The molecule has 5 nitrogen and oxygen atoms in total. The maximum Gasteiger partial charge on any atom is 0.195 e. The highest BCUT2D eigenvalue weighted by molar-refractivity contribution is 7.71. The van der Waals surface area contributed by atoms with Gasteiger partial charge in [0.05, 0.1) is 0 Å². The summed E-state index contributed by atoms with van der Waals surface area (Å²) < 4.78 is 2.25. The summed E-state index contributed by atoms with van der Waals surface area (Å²) in [5, 5.41) is 26.5. The van der Waals surface area contributed by atoms with E-state index in [4.69, 9.17) is 12.2 Å². The van der Waals surface area contributed by atoms with Crippen LogP contribution in [0.5, 0.6) is 11.5 Å². The quantitative estimate of drug-likeness (QED) is 0.746. The van der Waals surface area contributed by atoms with Crippen LogP contribution in [0.1, 0.15) is 13.8 Å². The summed E-state index contributed by atoms with van der Waals surface area (Å²) in [6.45, 7) is 4.78. The number of hydrogen-bond donors (Lipinski definition) is 3. The fourth-order valence-corrected chi connectivity index (χ4v) is 2.01. The lowest BCUT2D eigenvalue weighted by atomic mass is 10.1. The smallest absolute Gasteiger partial charge is 0.195 e. The van der Waals surface area contributed by atoms with Crippen LogP contribution in [0, 0.1) is 10.7 Å². The van der Waals surface area contributed by atoms with Crippen LogP contribution in [0.4, 0.5) is 0 Å². The van der Waals surface area contributed by atoms with Gasteiger partial charge in [0.25, 0.3) is 0 Å². The molecule has 1 heterocycles. The Balaban J connectivity index is 2.61. The van der Waals surface area contributed by atoms with E-state index in [1.165, 1.54) is 12.1 Å². The topological polar surface area (TPSA) is 74.1 Å². The predicted octanol–water partition coefficient (Wildman–Crippen LogP) is 2.67. The fourth-order valence-electron chi connectivity index (χ4n) is 1.80. The highest BCUT2D eigenvalue weighted by Gasteiger charge is 2.17. The molecule has 0 radical (unpaired) electrons. The van der Waals surface area contributed by atoms with Crippen LogP contribution < -0.4 is 0 Å². The Morgan fingerprint density at radius 1 is 1.33 bits per heavy atom. The third kappa shape index (κ3) is 2.24. The Hall–Kier alpha value is -1.82. The lowest BCUT2D eigenvalue weighted by Gasteiger charge is -2.11. The average Bonchev–Trinajstić information content (AvgIpc) is 2.61. The highest BCUT2D eigenvalue weighted by Crippen LogP contribution is 2.35. The van der Waals surface area contributed by atoms with Crippen molar-refractivity contribution in [3.8, 4) is 22.9 Å². The number of rotatable bonds is 3. The summed E-state index contributed by atoms with van der Waals surface area (Å²) in [7, 11) is 0. The number of aromatic amines is 1. The van der Waals surface area contributed by atoms with Gasteiger partial charge in [-0.2, -0.15) is 5.10 Å². The number of hydrogen-bond acceptors (Lipinski definition) is 4. The molecule has 0 aliphatic rings. The van der Waals surface area contributed by atoms with Gasteiger partial charge in [-0.3, -0.25) is 9.67 Å². The van der Waals surface area contributed by atoms with Crippen molar-refractivity contribution in [1.82, 2.24) is 14.8 Å². The van der Waals surface area contributed by atoms with E-state index < -0.39 is 0 Å². The number of aromatic hydroxyl groups is 2. The van der Waals surface area contributed by atoms with Gasteiger partial charge in [-0.05, 0) is 30.3 Å². The average molecular weight is 265 g/mol. The number of benzene rings is 1. The van der Waals surface area contributed by atoms with E-state index in [-0.39, 0.29) is 11.5 Å². The van der Waals surface area contributed by atoms with Gasteiger partial charge in [0, 0.05) is 6.54 Å². The summed E-state index contributed by atoms with van der Waals surface area (Å²) in [4.78, 5) is 0. The lowest BCUT2D eigenvalue weighted by molar-refractivity contribution is 0.451. The molecular formula is C12H15N3O2S. The van der Waals surface area contributed by atoms with Gasteiger partial charge in [0.15, 0.2) is 10.6 Å². The summed E-state index contributed by atoms with van der Waals surface area (Å²) >= 11 is 5.16. The third-order valence-electron chi connectivity index (χ3n) is 2.55. The Bertz CT molecular complexity index is 596. The van der Waals surface area contributed by atoms with Gasteiger partial charge < -0.3 is 10.2 Å². The maximum atomic E-state index is 9.85. The Labute approximate surface area is 110 Å². The van der Waals surface area contributed by atoms with Crippen LogP contribution in [0.25, 0.3) is 11.4 Å². The Morgan fingerprint density at radius 2 is 1.94 bits per heavy atom. The van der Waals surface area contributed by atoms with Gasteiger partial charge in [0.1, 0.15) is 17.1 Å².